The number of H-pyrrole nitrogens is 1. The number of imidazole rings is 1. The monoisotopic (exact) mass is 276 g/mol. The van der Waals surface area contributed by atoms with Gasteiger partial charge < -0.3 is 10.3 Å². The first-order chi connectivity index (χ1) is 9.54. The molecule has 2 amide bonds. The van der Waals surface area contributed by atoms with Crippen molar-refractivity contribution >= 4 is 28.8 Å². The molecule has 7 heteroatoms. The molecule has 0 spiro atoms. The van der Waals surface area contributed by atoms with Gasteiger partial charge in [0.15, 0.2) is 0 Å². The molecule has 2 heterocycles. The second kappa shape index (κ2) is 4.59. The summed E-state index contributed by atoms with van der Waals surface area (Å²) in [6.07, 6.45) is 0.738. The number of fused-ring (bicyclic) bond motifs is 1. The molecule has 6 nitrogen and oxygen atoms in total. The second-order valence-electron chi connectivity index (χ2n) is 4.77. The third-order valence-corrected chi connectivity index (χ3v) is 3.40. The quantitative estimate of drug-likeness (QED) is 0.809. The van der Waals surface area contributed by atoms with Crippen molar-refractivity contribution in [1.82, 2.24) is 14.9 Å². The van der Waals surface area contributed by atoms with Crippen molar-refractivity contribution in [1.29, 1.82) is 0 Å². The number of nitrogens with zero attached hydrogens (tertiary/aromatic N) is 2. The van der Waals surface area contributed by atoms with Crippen molar-refractivity contribution in [2.24, 2.45) is 0 Å². The zero-order valence-corrected chi connectivity index (χ0v) is 10.8. The molecule has 1 aromatic heterocycles. The number of aromatic amines is 1. The number of carbonyl (C=O) groups is 2. The lowest BCUT2D eigenvalue weighted by Crippen LogP contribution is -2.48. The summed E-state index contributed by atoms with van der Waals surface area (Å²) >= 11 is 0. The van der Waals surface area contributed by atoms with Crippen molar-refractivity contribution in [2.75, 3.05) is 12.4 Å². The minimum atomic E-state index is -0.497. The summed E-state index contributed by atoms with van der Waals surface area (Å²) in [5, 5.41) is 2.96. The van der Waals surface area contributed by atoms with Crippen LogP contribution in [0.1, 0.15) is 12.8 Å². The maximum atomic E-state index is 13.1. The number of halogens is 1. The van der Waals surface area contributed by atoms with Gasteiger partial charge in [-0.15, -0.1) is 0 Å². The molecule has 104 valence electrons. The van der Waals surface area contributed by atoms with Crippen LogP contribution in [0, 0.1) is 5.82 Å². The maximum Gasteiger partial charge on any atom is 0.251 e. The molecule has 1 unspecified atom stereocenters. The lowest BCUT2D eigenvalue weighted by molar-refractivity contribution is -0.146. The van der Waals surface area contributed by atoms with Crippen LogP contribution in [0.25, 0.3) is 11.0 Å². The van der Waals surface area contributed by atoms with Gasteiger partial charge in [0.25, 0.3) is 5.91 Å². The number of nitrogens with one attached hydrogen (secondary N) is 2. The zero-order valence-electron chi connectivity index (χ0n) is 10.8. The van der Waals surface area contributed by atoms with Crippen LogP contribution in [0.3, 0.4) is 0 Å². The molecule has 1 atom stereocenters. The van der Waals surface area contributed by atoms with Crippen molar-refractivity contribution in [2.45, 2.75) is 18.9 Å². The van der Waals surface area contributed by atoms with Crippen LogP contribution in [-0.2, 0) is 9.59 Å². The van der Waals surface area contributed by atoms with Gasteiger partial charge in [-0.05, 0) is 24.6 Å². The van der Waals surface area contributed by atoms with E-state index < -0.39 is 6.04 Å². The van der Waals surface area contributed by atoms with E-state index in [-0.39, 0.29) is 17.6 Å². The predicted molar refractivity (Wildman–Crippen MR) is 70.5 cm³/mol. The van der Waals surface area contributed by atoms with Gasteiger partial charge >= 0.3 is 0 Å². The summed E-state index contributed by atoms with van der Waals surface area (Å²) in [5.74, 6) is -0.425. The smallest absolute Gasteiger partial charge is 0.251 e. The normalized spacial score (nSPS) is 19.7. The zero-order chi connectivity index (χ0) is 14.3. The van der Waals surface area contributed by atoms with E-state index in [1.165, 1.54) is 19.2 Å². The molecule has 0 radical (unpaired) electrons. The Bertz CT molecular complexity index is 697. The second-order valence-corrected chi connectivity index (χ2v) is 4.77. The minimum Gasteiger partial charge on any atom is -0.344 e. The highest BCUT2D eigenvalue weighted by molar-refractivity contribution is 6.01. The molecular weight excluding hydrogens is 263 g/mol. The number of benzene rings is 1. The number of carbonyl (C=O) groups excluding carboxylic acids is 2. The highest BCUT2D eigenvalue weighted by Crippen LogP contribution is 2.19. The molecule has 1 aliphatic heterocycles. The standard InChI is InChI=1S/C13H13FN4O2/c1-18-11(19)5-4-9(12(18)20)16-13-15-8-3-2-7(14)6-10(8)17-13/h2-3,6,9H,4-5H2,1H3,(H2,15,16,17). The molecule has 0 bridgehead atoms. The summed E-state index contributed by atoms with van der Waals surface area (Å²) in [6.45, 7) is 0. The average molecular weight is 276 g/mol. The van der Waals surface area contributed by atoms with Gasteiger partial charge in [0.05, 0.1) is 11.0 Å². The average Bonchev–Trinajstić information content (AvgIpc) is 2.81. The van der Waals surface area contributed by atoms with Gasteiger partial charge in [0, 0.05) is 13.5 Å². The van der Waals surface area contributed by atoms with Crippen LogP contribution in [-0.4, -0.2) is 39.8 Å². The number of rotatable bonds is 2. The van der Waals surface area contributed by atoms with E-state index >= 15 is 0 Å². The van der Waals surface area contributed by atoms with Crippen molar-refractivity contribution in [3.63, 3.8) is 0 Å². The van der Waals surface area contributed by atoms with E-state index in [4.69, 9.17) is 0 Å². The van der Waals surface area contributed by atoms with Gasteiger partial charge in [-0.2, -0.15) is 0 Å². The molecule has 1 aliphatic rings. The Kier molecular flexibility index (Phi) is 2.89. The number of likely N-dealkylation sites (N-methyl/N-ethyl adjacent to an activating group) is 1. The van der Waals surface area contributed by atoms with E-state index in [1.807, 2.05) is 0 Å². The molecule has 1 aromatic carbocycles. The first kappa shape index (κ1) is 12.6. The molecule has 0 saturated carbocycles. The highest BCUT2D eigenvalue weighted by atomic mass is 19.1. The number of imide groups is 1. The Labute approximate surface area is 114 Å². The molecule has 1 saturated heterocycles. The maximum absolute atomic E-state index is 13.1. The van der Waals surface area contributed by atoms with Crippen LogP contribution >= 0.6 is 0 Å². The summed E-state index contributed by atoms with van der Waals surface area (Å²) < 4.78 is 13.1. The van der Waals surface area contributed by atoms with Crippen molar-refractivity contribution in [3.8, 4) is 0 Å². The number of amides is 2. The summed E-state index contributed by atoms with van der Waals surface area (Å²) in [7, 11) is 1.46. The number of hydrogen-bond donors (Lipinski definition) is 2. The summed E-state index contributed by atoms with van der Waals surface area (Å²) in [6, 6.07) is 3.73. The van der Waals surface area contributed by atoms with E-state index in [2.05, 4.69) is 15.3 Å². The SMILES string of the molecule is CN1C(=O)CCC(Nc2nc3ccc(F)cc3[nH]2)C1=O. The van der Waals surface area contributed by atoms with Crippen LogP contribution in [0.2, 0.25) is 0 Å². The van der Waals surface area contributed by atoms with Crippen molar-refractivity contribution < 1.29 is 14.0 Å². The van der Waals surface area contributed by atoms with Gasteiger partial charge in [0.1, 0.15) is 11.9 Å². The van der Waals surface area contributed by atoms with Gasteiger partial charge in [0.2, 0.25) is 11.9 Å². The lowest BCUT2D eigenvalue weighted by Gasteiger charge is -2.27. The molecule has 3 rings (SSSR count). The van der Waals surface area contributed by atoms with Crippen LogP contribution in [0.5, 0.6) is 0 Å². The molecule has 2 aromatic rings. The third-order valence-electron chi connectivity index (χ3n) is 3.40. The highest BCUT2D eigenvalue weighted by Gasteiger charge is 2.32. The Morgan fingerprint density at radius 3 is 3.05 bits per heavy atom. The van der Waals surface area contributed by atoms with E-state index in [0.717, 1.165) is 4.90 Å². The fraction of sp³-hybridized carbons (Fsp3) is 0.308. The number of likely N-dealkylation sites (tertiary alicyclic amines) is 1. The van der Waals surface area contributed by atoms with Gasteiger partial charge in [-0.25, -0.2) is 9.37 Å². The Morgan fingerprint density at radius 2 is 2.25 bits per heavy atom. The van der Waals surface area contributed by atoms with Crippen LogP contribution < -0.4 is 5.32 Å². The van der Waals surface area contributed by atoms with Crippen molar-refractivity contribution in [3.05, 3.63) is 24.0 Å². The van der Waals surface area contributed by atoms with E-state index in [1.54, 1.807) is 6.07 Å². The number of hydrogen-bond acceptors (Lipinski definition) is 4. The predicted octanol–water partition coefficient (Wildman–Crippen LogP) is 1.26. The molecule has 20 heavy (non-hydrogen) atoms. The van der Waals surface area contributed by atoms with Crippen LogP contribution in [0.4, 0.5) is 10.3 Å². The van der Waals surface area contributed by atoms with Gasteiger partial charge in [-0.1, -0.05) is 0 Å². The summed E-state index contributed by atoms with van der Waals surface area (Å²) in [4.78, 5) is 31.6. The van der Waals surface area contributed by atoms with Crippen LogP contribution in [0.15, 0.2) is 18.2 Å². The Balaban J connectivity index is 1.82. The molecule has 0 aliphatic carbocycles. The molecule has 1 fully saturated rings. The minimum absolute atomic E-state index is 0.181. The molecular formula is C13H13FN4O2. The Morgan fingerprint density at radius 1 is 1.45 bits per heavy atom. The van der Waals surface area contributed by atoms with Gasteiger partial charge in [-0.3, -0.25) is 14.5 Å². The third kappa shape index (κ3) is 2.11. The largest absolute Gasteiger partial charge is 0.344 e. The first-order valence-electron chi connectivity index (χ1n) is 6.27. The number of anilines is 1. The Hall–Kier alpha value is -2.44. The lowest BCUT2D eigenvalue weighted by atomic mass is 10.1. The first-order valence-corrected chi connectivity index (χ1v) is 6.27. The topological polar surface area (TPSA) is 78.1 Å². The molecule has 2 N–H and O–H groups in total. The number of aromatic nitrogens is 2. The fourth-order valence-corrected chi connectivity index (χ4v) is 2.26. The number of piperidine rings is 1. The fourth-order valence-electron chi connectivity index (χ4n) is 2.26. The van der Waals surface area contributed by atoms with E-state index in [9.17, 15) is 14.0 Å². The van der Waals surface area contributed by atoms with E-state index in [0.29, 0.717) is 29.8 Å². The summed E-state index contributed by atoms with van der Waals surface area (Å²) in [5.41, 5.74) is 1.17.